The van der Waals surface area contributed by atoms with Gasteiger partial charge >= 0.3 is 0 Å². The summed E-state index contributed by atoms with van der Waals surface area (Å²) < 4.78 is 0. The Balaban J connectivity index is 0.000000396. The lowest BCUT2D eigenvalue weighted by Gasteiger charge is -2.06. The second kappa shape index (κ2) is 7.64. The van der Waals surface area contributed by atoms with E-state index in [1.807, 2.05) is 48.5 Å². The summed E-state index contributed by atoms with van der Waals surface area (Å²) in [6.45, 7) is 1.08. The first-order valence-corrected chi connectivity index (χ1v) is 6.66. The zero-order valence-corrected chi connectivity index (χ0v) is 12.0. The number of rotatable bonds is 2. The molecule has 0 atom stereocenters. The summed E-state index contributed by atoms with van der Waals surface area (Å²) in [5.74, 6) is -0.833. The largest absolute Gasteiger partial charge is 0.481 e. The Hall–Kier alpha value is -3.08. The van der Waals surface area contributed by atoms with E-state index in [4.69, 9.17) is 9.90 Å². The average Bonchev–Trinajstić information content (AvgIpc) is 2.56. The third-order valence-corrected chi connectivity index (χ3v) is 2.66. The van der Waals surface area contributed by atoms with Crippen molar-refractivity contribution in [2.75, 3.05) is 0 Å². The van der Waals surface area contributed by atoms with Crippen LogP contribution in [0.4, 0.5) is 0 Å². The molecule has 3 aromatic rings. The Morgan fingerprint density at radius 2 is 1.36 bits per heavy atom. The number of nitrogens with zero attached hydrogens (tertiary/aromatic N) is 3. The van der Waals surface area contributed by atoms with Crippen LogP contribution >= 0.6 is 0 Å². The standard InChI is InChI=1S/C15H11N3.C2H4O2/c1-3-9-16-13(7-1)12-6-5-11-18-15(12)14-8-2-4-10-17-14;1-2(3)4/h1-11H;1H3,(H,3,4). The maximum Gasteiger partial charge on any atom is 0.300 e. The number of pyridine rings is 3. The number of carbonyl (C=O) groups is 1. The summed E-state index contributed by atoms with van der Waals surface area (Å²) in [4.78, 5) is 22.1. The van der Waals surface area contributed by atoms with Crippen molar-refractivity contribution in [1.82, 2.24) is 15.0 Å². The Kier molecular flexibility index (Phi) is 5.31. The molecule has 0 aliphatic rings. The molecule has 0 amide bonds. The molecule has 0 aliphatic carbocycles. The molecule has 0 spiro atoms. The summed E-state index contributed by atoms with van der Waals surface area (Å²) in [6.07, 6.45) is 5.33. The lowest BCUT2D eigenvalue weighted by atomic mass is 10.1. The normalized spacial score (nSPS) is 9.50. The van der Waals surface area contributed by atoms with Gasteiger partial charge in [-0.3, -0.25) is 19.7 Å². The number of carboxylic acids is 1. The molecule has 0 aliphatic heterocycles. The third kappa shape index (κ3) is 4.21. The van der Waals surface area contributed by atoms with Gasteiger partial charge < -0.3 is 5.11 Å². The predicted molar refractivity (Wildman–Crippen MR) is 84.0 cm³/mol. The van der Waals surface area contributed by atoms with Gasteiger partial charge in [-0.05, 0) is 36.4 Å². The molecule has 110 valence electrons. The van der Waals surface area contributed by atoms with Crippen LogP contribution < -0.4 is 0 Å². The van der Waals surface area contributed by atoms with Crippen molar-refractivity contribution in [3.8, 4) is 22.6 Å². The van der Waals surface area contributed by atoms with Gasteiger partial charge in [0, 0.05) is 31.1 Å². The highest BCUT2D eigenvalue weighted by atomic mass is 16.4. The molecule has 3 aromatic heterocycles. The topological polar surface area (TPSA) is 76.0 Å². The van der Waals surface area contributed by atoms with E-state index in [2.05, 4.69) is 15.0 Å². The van der Waals surface area contributed by atoms with E-state index in [0.717, 1.165) is 29.6 Å². The van der Waals surface area contributed by atoms with Gasteiger partial charge in [0.25, 0.3) is 5.97 Å². The second-order valence-electron chi connectivity index (χ2n) is 4.35. The first-order valence-electron chi connectivity index (χ1n) is 6.66. The van der Waals surface area contributed by atoms with E-state index in [9.17, 15) is 0 Å². The molecule has 5 heteroatoms. The Bertz CT molecular complexity index is 669. The molecule has 0 saturated carbocycles. The number of aromatic nitrogens is 3. The van der Waals surface area contributed by atoms with Crippen LogP contribution in [0, 0.1) is 0 Å². The summed E-state index contributed by atoms with van der Waals surface area (Å²) >= 11 is 0. The van der Waals surface area contributed by atoms with Gasteiger partial charge in [0.05, 0.1) is 17.1 Å². The maximum absolute atomic E-state index is 9.00. The van der Waals surface area contributed by atoms with Gasteiger partial charge in [0.1, 0.15) is 0 Å². The highest BCUT2D eigenvalue weighted by molar-refractivity contribution is 5.76. The summed E-state index contributed by atoms with van der Waals surface area (Å²) in [7, 11) is 0. The van der Waals surface area contributed by atoms with Crippen LogP contribution in [0.3, 0.4) is 0 Å². The minimum absolute atomic E-state index is 0.833. The van der Waals surface area contributed by atoms with Crippen molar-refractivity contribution in [2.45, 2.75) is 6.92 Å². The molecule has 1 N–H and O–H groups in total. The van der Waals surface area contributed by atoms with Crippen molar-refractivity contribution in [3.05, 3.63) is 67.1 Å². The van der Waals surface area contributed by atoms with Crippen LogP contribution in [0.15, 0.2) is 67.1 Å². The summed E-state index contributed by atoms with van der Waals surface area (Å²) in [6, 6.07) is 15.6. The van der Waals surface area contributed by atoms with Gasteiger partial charge in [-0.25, -0.2) is 0 Å². The fraction of sp³-hybridized carbons (Fsp3) is 0.0588. The molecular formula is C17H15N3O2. The van der Waals surface area contributed by atoms with E-state index in [1.54, 1.807) is 18.6 Å². The first-order chi connectivity index (χ1) is 10.7. The van der Waals surface area contributed by atoms with Gasteiger partial charge in [-0.1, -0.05) is 12.1 Å². The van der Waals surface area contributed by atoms with Gasteiger partial charge in [-0.15, -0.1) is 0 Å². The van der Waals surface area contributed by atoms with E-state index >= 15 is 0 Å². The molecule has 0 bridgehead atoms. The molecular weight excluding hydrogens is 278 g/mol. The number of hydrogen-bond acceptors (Lipinski definition) is 4. The summed E-state index contributed by atoms with van der Waals surface area (Å²) in [5, 5.41) is 7.42. The minimum atomic E-state index is -0.833. The van der Waals surface area contributed by atoms with Crippen LogP contribution in [0.2, 0.25) is 0 Å². The van der Waals surface area contributed by atoms with E-state index < -0.39 is 5.97 Å². The van der Waals surface area contributed by atoms with E-state index in [0.29, 0.717) is 0 Å². The smallest absolute Gasteiger partial charge is 0.300 e. The van der Waals surface area contributed by atoms with Gasteiger partial charge in [0.15, 0.2) is 0 Å². The SMILES string of the molecule is CC(=O)O.c1ccc(-c2cccnc2-c2ccccn2)nc1. The Morgan fingerprint density at radius 1 is 0.818 bits per heavy atom. The van der Waals surface area contributed by atoms with E-state index in [1.165, 1.54) is 0 Å². The van der Waals surface area contributed by atoms with E-state index in [-0.39, 0.29) is 0 Å². The van der Waals surface area contributed by atoms with Crippen LogP contribution in [0.5, 0.6) is 0 Å². The van der Waals surface area contributed by atoms with Crippen LogP contribution in [0.25, 0.3) is 22.6 Å². The quantitative estimate of drug-likeness (QED) is 0.784. The average molecular weight is 293 g/mol. The fourth-order valence-corrected chi connectivity index (χ4v) is 1.84. The lowest BCUT2D eigenvalue weighted by molar-refractivity contribution is -0.134. The molecule has 0 aromatic carbocycles. The van der Waals surface area contributed by atoms with Crippen molar-refractivity contribution in [1.29, 1.82) is 0 Å². The monoisotopic (exact) mass is 293 g/mol. The molecule has 22 heavy (non-hydrogen) atoms. The maximum atomic E-state index is 9.00. The molecule has 5 nitrogen and oxygen atoms in total. The van der Waals surface area contributed by atoms with Crippen molar-refractivity contribution >= 4 is 5.97 Å². The highest BCUT2D eigenvalue weighted by Crippen LogP contribution is 2.26. The molecule has 0 fully saturated rings. The van der Waals surface area contributed by atoms with Crippen LogP contribution in [0.1, 0.15) is 6.92 Å². The van der Waals surface area contributed by atoms with Crippen LogP contribution in [-0.4, -0.2) is 26.0 Å². The number of carboxylic acid groups (broad SMARTS) is 1. The number of hydrogen-bond donors (Lipinski definition) is 1. The van der Waals surface area contributed by atoms with Crippen molar-refractivity contribution in [2.24, 2.45) is 0 Å². The minimum Gasteiger partial charge on any atom is -0.481 e. The molecule has 0 unspecified atom stereocenters. The molecule has 0 saturated heterocycles. The zero-order chi connectivity index (χ0) is 15.8. The molecule has 0 radical (unpaired) electrons. The molecule has 3 heterocycles. The summed E-state index contributed by atoms with van der Waals surface area (Å²) in [5.41, 5.74) is 3.62. The van der Waals surface area contributed by atoms with Gasteiger partial charge in [-0.2, -0.15) is 0 Å². The van der Waals surface area contributed by atoms with Crippen molar-refractivity contribution < 1.29 is 9.90 Å². The molecule has 3 rings (SSSR count). The third-order valence-electron chi connectivity index (χ3n) is 2.66. The second-order valence-corrected chi connectivity index (χ2v) is 4.35. The Morgan fingerprint density at radius 3 is 1.91 bits per heavy atom. The van der Waals surface area contributed by atoms with Crippen LogP contribution in [-0.2, 0) is 4.79 Å². The highest BCUT2D eigenvalue weighted by Gasteiger charge is 2.09. The predicted octanol–water partition coefficient (Wildman–Crippen LogP) is 3.30. The van der Waals surface area contributed by atoms with Gasteiger partial charge in [0.2, 0.25) is 0 Å². The fourth-order valence-electron chi connectivity index (χ4n) is 1.84. The van der Waals surface area contributed by atoms with Crippen molar-refractivity contribution in [3.63, 3.8) is 0 Å². The first kappa shape index (κ1) is 15.3. The lowest BCUT2D eigenvalue weighted by Crippen LogP contribution is -1.92. The Labute approximate surface area is 128 Å². The number of aliphatic carboxylic acids is 1. The zero-order valence-electron chi connectivity index (χ0n) is 12.0.